The molecule has 32 heavy (non-hydrogen) atoms. The Kier molecular flexibility index (Phi) is 5.33. The zero-order chi connectivity index (χ0) is 22.2. The second kappa shape index (κ2) is 8.30. The number of fused-ring (bicyclic) bond motifs is 1. The van der Waals surface area contributed by atoms with Crippen LogP contribution in [0.3, 0.4) is 0 Å². The van der Waals surface area contributed by atoms with E-state index in [0.717, 1.165) is 54.0 Å². The smallest absolute Gasteiger partial charge is 0.250 e. The van der Waals surface area contributed by atoms with Crippen LogP contribution in [0.5, 0.6) is 5.75 Å². The third kappa shape index (κ3) is 3.83. The summed E-state index contributed by atoms with van der Waals surface area (Å²) in [6.07, 6.45) is 9.99. The van der Waals surface area contributed by atoms with E-state index in [1.54, 1.807) is 13.4 Å². The first-order chi connectivity index (χ1) is 15.5. The lowest BCUT2D eigenvalue weighted by atomic mass is 10.0. The van der Waals surface area contributed by atoms with Crippen LogP contribution in [0.15, 0.2) is 60.6 Å². The van der Waals surface area contributed by atoms with Crippen molar-refractivity contribution >= 4 is 12.0 Å². The lowest BCUT2D eigenvalue weighted by Crippen LogP contribution is -2.36. The predicted octanol–water partition coefficient (Wildman–Crippen LogP) is 5.27. The fourth-order valence-electron chi connectivity index (χ4n) is 4.80. The normalized spacial score (nSPS) is 17.8. The first-order valence-corrected chi connectivity index (χ1v) is 11.3. The van der Waals surface area contributed by atoms with Crippen molar-refractivity contribution in [3.63, 3.8) is 0 Å². The van der Waals surface area contributed by atoms with Crippen LogP contribution in [0, 0.1) is 6.92 Å². The van der Waals surface area contributed by atoms with Gasteiger partial charge < -0.3 is 14.2 Å². The number of imidazole rings is 1. The van der Waals surface area contributed by atoms with E-state index in [1.165, 1.54) is 11.1 Å². The standard InChI is InChI=1S/C27H29N3O2/c1-18(14-20-8-12-25(26(15-20)32-3)29-16-19(2)28-17-29)27(31)30(22-10-11-22)24-13-9-21-6-4-5-7-23(21)24/h4-8,12,14-17,22,24H,9-11,13H2,1-3H3. The van der Waals surface area contributed by atoms with Crippen molar-refractivity contribution in [1.82, 2.24) is 14.5 Å². The van der Waals surface area contributed by atoms with Crippen LogP contribution in [0.1, 0.15) is 54.6 Å². The Morgan fingerprint density at radius 3 is 2.72 bits per heavy atom. The average molecular weight is 428 g/mol. The minimum atomic E-state index is 0.141. The van der Waals surface area contributed by atoms with E-state index < -0.39 is 0 Å². The molecule has 1 saturated carbocycles. The Morgan fingerprint density at radius 2 is 2.00 bits per heavy atom. The second-order valence-electron chi connectivity index (χ2n) is 8.88. The summed E-state index contributed by atoms with van der Waals surface area (Å²) in [6, 6.07) is 15.1. The lowest BCUT2D eigenvalue weighted by molar-refractivity contribution is -0.130. The molecule has 0 N–H and O–H groups in total. The summed E-state index contributed by atoms with van der Waals surface area (Å²) < 4.78 is 7.58. The van der Waals surface area contributed by atoms with E-state index in [-0.39, 0.29) is 11.9 Å². The van der Waals surface area contributed by atoms with Gasteiger partial charge in [-0.1, -0.05) is 30.3 Å². The van der Waals surface area contributed by atoms with Gasteiger partial charge >= 0.3 is 0 Å². The molecule has 0 spiro atoms. The monoisotopic (exact) mass is 427 g/mol. The highest BCUT2D eigenvalue weighted by Crippen LogP contribution is 2.42. The van der Waals surface area contributed by atoms with Crippen LogP contribution in [0.4, 0.5) is 0 Å². The minimum absolute atomic E-state index is 0.141. The third-order valence-electron chi connectivity index (χ3n) is 6.53. The van der Waals surface area contributed by atoms with Crippen molar-refractivity contribution in [3.8, 4) is 11.4 Å². The number of benzene rings is 2. The average Bonchev–Trinajstić information content (AvgIpc) is 3.40. The molecule has 2 aromatic carbocycles. The highest BCUT2D eigenvalue weighted by atomic mass is 16.5. The number of hydrogen-bond donors (Lipinski definition) is 0. The molecule has 5 heteroatoms. The molecule has 1 heterocycles. The quantitative estimate of drug-likeness (QED) is 0.504. The second-order valence-corrected chi connectivity index (χ2v) is 8.88. The van der Waals surface area contributed by atoms with E-state index in [0.29, 0.717) is 6.04 Å². The van der Waals surface area contributed by atoms with Crippen LogP contribution in [-0.2, 0) is 11.2 Å². The Balaban J connectivity index is 1.42. The Hall–Kier alpha value is -3.34. The third-order valence-corrected chi connectivity index (χ3v) is 6.53. The first kappa shape index (κ1) is 20.6. The van der Waals surface area contributed by atoms with E-state index >= 15 is 0 Å². The van der Waals surface area contributed by atoms with E-state index in [4.69, 9.17) is 4.74 Å². The summed E-state index contributed by atoms with van der Waals surface area (Å²) >= 11 is 0. The summed E-state index contributed by atoms with van der Waals surface area (Å²) in [5.74, 6) is 0.891. The van der Waals surface area contributed by atoms with Crippen LogP contribution in [0.25, 0.3) is 11.8 Å². The molecular weight excluding hydrogens is 398 g/mol. The van der Waals surface area contributed by atoms with Crippen LogP contribution >= 0.6 is 0 Å². The van der Waals surface area contributed by atoms with Gasteiger partial charge in [-0.25, -0.2) is 4.98 Å². The number of methoxy groups -OCH3 is 1. The number of amides is 1. The molecule has 0 radical (unpaired) electrons. The van der Waals surface area contributed by atoms with E-state index in [1.807, 2.05) is 48.9 Å². The topological polar surface area (TPSA) is 47.4 Å². The van der Waals surface area contributed by atoms with Gasteiger partial charge in [0, 0.05) is 17.8 Å². The summed E-state index contributed by atoms with van der Waals surface area (Å²) in [5.41, 5.74) is 6.29. The zero-order valence-corrected chi connectivity index (χ0v) is 18.9. The molecule has 1 aromatic heterocycles. The van der Waals surface area contributed by atoms with Crippen molar-refractivity contribution in [3.05, 3.63) is 82.9 Å². The molecule has 1 fully saturated rings. The van der Waals surface area contributed by atoms with Crippen LogP contribution in [0.2, 0.25) is 0 Å². The van der Waals surface area contributed by atoms with Gasteiger partial charge in [0.2, 0.25) is 5.91 Å². The molecule has 5 rings (SSSR count). The molecule has 0 aliphatic heterocycles. The number of carbonyl (C=O) groups is 1. The van der Waals surface area contributed by atoms with Crippen molar-refractivity contribution in [2.75, 3.05) is 7.11 Å². The van der Waals surface area contributed by atoms with E-state index in [9.17, 15) is 4.79 Å². The Morgan fingerprint density at radius 1 is 1.19 bits per heavy atom. The molecule has 5 nitrogen and oxygen atoms in total. The number of ether oxygens (including phenoxy) is 1. The molecular formula is C27H29N3O2. The maximum Gasteiger partial charge on any atom is 0.250 e. The predicted molar refractivity (Wildman–Crippen MR) is 126 cm³/mol. The Labute approximate surface area is 189 Å². The van der Waals surface area contributed by atoms with Crippen LogP contribution < -0.4 is 4.74 Å². The molecule has 3 aromatic rings. The fourth-order valence-corrected chi connectivity index (χ4v) is 4.80. The summed E-state index contributed by atoms with van der Waals surface area (Å²) in [5, 5.41) is 0. The van der Waals surface area contributed by atoms with Crippen molar-refractivity contribution in [2.24, 2.45) is 0 Å². The van der Waals surface area contributed by atoms with Gasteiger partial charge in [0.05, 0.1) is 30.9 Å². The Bertz CT molecular complexity index is 1190. The molecule has 0 bridgehead atoms. The van der Waals surface area contributed by atoms with Crippen molar-refractivity contribution in [1.29, 1.82) is 0 Å². The largest absolute Gasteiger partial charge is 0.495 e. The molecule has 1 atom stereocenters. The molecule has 2 aliphatic carbocycles. The molecule has 1 amide bonds. The number of carbonyl (C=O) groups excluding carboxylic acids is 1. The zero-order valence-electron chi connectivity index (χ0n) is 18.9. The molecule has 1 unspecified atom stereocenters. The number of hydrogen-bond acceptors (Lipinski definition) is 3. The summed E-state index contributed by atoms with van der Waals surface area (Å²) in [7, 11) is 1.67. The number of nitrogens with zero attached hydrogens (tertiary/aromatic N) is 3. The van der Waals surface area contributed by atoms with Gasteiger partial charge in [-0.2, -0.15) is 0 Å². The van der Waals surface area contributed by atoms with Gasteiger partial charge in [0.25, 0.3) is 0 Å². The highest BCUT2D eigenvalue weighted by Gasteiger charge is 2.40. The summed E-state index contributed by atoms with van der Waals surface area (Å²) in [6.45, 7) is 3.89. The fraction of sp³-hybridized carbons (Fsp3) is 0.333. The van der Waals surface area contributed by atoms with Gasteiger partial charge in [-0.05, 0) is 74.4 Å². The minimum Gasteiger partial charge on any atom is -0.495 e. The van der Waals surface area contributed by atoms with E-state index in [2.05, 4.69) is 34.1 Å². The SMILES string of the molecule is COc1cc(C=C(C)C(=O)N(C2CC2)C2CCc3ccccc32)ccc1-n1cnc(C)c1. The summed E-state index contributed by atoms with van der Waals surface area (Å²) in [4.78, 5) is 20.0. The van der Waals surface area contributed by atoms with Crippen molar-refractivity contribution < 1.29 is 9.53 Å². The highest BCUT2D eigenvalue weighted by molar-refractivity contribution is 5.98. The van der Waals surface area contributed by atoms with Crippen LogP contribution in [-0.4, -0.2) is 33.5 Å². The van der Waals surface area contributed by atoms with Crippen molar-refractivity contribution in [2.45, 2.75) is 51.6 Å². The maximum absolute atomic E-state index is 13.6. The van der Waals surface area contributed by atoms with Gasteiger partial charge in [-0.15, -0.1) is 0 Å². The molecule has 0 saturated heterocycles. The lowest BCUT2D eigenvalue weighted by Gasteiger charge is -2.30. The number of rotatable bonds is 6. The molecule has 2 aliphatic rings. The van der Waals surface area contributed by atoms with Gasteiger partial charge in [0.15, 0.2) is 0 Å². The number of aromatic nitrogens is 2. The number of aryl methyl sites for hydroxylation is 2. The van der Waals surface area contributed by atoms with Gasteiger partial charge in [-0.3, -0.25) is 4.79 Å². The molecule has 164 valence electrons. The maximum atomic E-state index is 13.6. The van der Waals surface area contributed by atoms with Gasteiger partial charge in [0.1, 0.15) is 5.75 Å². The first-order valence-electron chi connectivity index (χ1n) is 11.3.